The molecule has 5 nitrogen and oxygen atoms in total. The van der Waals surface area contributed by atoms with Gasteiger partial charge in [0, 0.05) is 31.2 Å². The quantitative estimate of drug-likeness (QED) is 0.873. The monoisotopic (exact) mass is 351 g/mol. The van der Waals surface area contributed by atoms with Crippen molar-refractivity contribution in [2.75, 3.05) is 26.2 Å². The molecule has 1 unspecified atom stereocenters. The SMILES string of the molecule is Cl.O=C(N[C@H]1CCCNC1)C1CCCN(C(=O)c2ccccc2)C1. The highest BCUT2D eigenvalue weighted by Gasteiger charge is 2.30. The van der Waals surface area contributed by atoms with Gasteiger partial charge in [-0.05, 0) is 44.4 Å². The number of piperidine rings is 2. The van der Waals surface area contributed by atoms with E-state index in [1.807, 2.05) is 35.2 Å². The lowest BCUT2D eigenvalue weighted by atomic mass is 9.95. The molecule has 0 bridgehead atoms. The highest BCUT2D eigenvalue weighted by atomic mass is 35.5. The van der Waals surface area contributed by atoms with Crippen molar-refractivity contribution in [1.29, 1.82) is 0 Å². The third kappa shape index (κ3) is 4.71. The fourth-order valence-corrected chi connectivity index (χ4v) is 3.43. The molecule has 2 aliphatic heterocycles. The van der Waals surface area contributed by atoms with E-state index in [0.717, 1.165) is 45.3 Å². The maximum atomic E-state index is 12.5. The van der Waals surface area contributed by atoms with Gasteiger partial charge in [-0.2, -0.15) is 0 Å². The van der Waals surface area contributed by atoms with E-state index in [0.29, 0.717) is 12.1 Å². The number of carbonyl (C=O) groups is 2. The first-order valence-electron chi connectivity index (χ1n) is 8.59. The van der Waals surface area contributed by atoms with Crippen LogP contribution in [0.3, 0.4) is 0 Å². The summed E-state index contributed by atoms with van der Waals surface area (Å²) < 4.78 is 0. The van der Waals surface area contributed by atoms with Gasteiger partial charge in [0.15, 0.2) is 0 Å². The number of hydrogen-bond donors (Lipinski definition) is 2. The predicted octanol–water partition coefficient (Wildman–Crippen LogP) is 1.83. The smallest absolute Gasteiger partial charge is 0.253 e. The number of rotatable bonds is 3. The van der Waals surface area contributed by atoms with E-state index >= 15 is 0 Å². The molecule has 2 N–H and O–H groups in total. The summed E-state index contributed by atoms with van der Waals surface area (Å²) in [5.74, 6) is 0.0463. The van der Waals surface area contributed by atoms with Crippen molar-refractivity contribution in [2.45, 2.75) is 31.7 Å². The van der Waals surface area contributed by atoms with Crippen LogP contribution in [-0.2, 0) is 4.79 Å². The summed E-state index contributed by atoms with van der Waals surface area (Å²) in [4.78, 5) is 26.9. The molecule has 0 aliphatic carbocycles. The second-order valence-corrected chi connectivity index (χ2v) is 6.51. The molecule has 0 spiro atoms. The first kappa shape index (κ1) is 18.7. The predicted molar refractivity (Wildman–Crippen MR) is 96.4 cm³/mol. The fourth-order valence-electron chi connectivity index (χ4n) is 3.43. The van der Waals surface area contributed by atoms with Crippen LogP contribution in [0.4, 0.5) is 0 Å². The molecule has 2 saturated heterocycles. The van der Waals surface area contributed by atoms with E-state index in [-0.39, 0.29) is 36.2 Å². The molecule has 0 aromatic heterocycles. The van der Waals surface area contributed by atoms with Gasteiger partial charge in [-0.3, -0.25) is 9.59 Å². The van der Waals surface area contributed by atoms with Crippen LogP contribution in [0.5, 0.6) is 0 Å². The average Bonchev–Trinajstić information content (AvgIpc) is 2.63. The van der Waals surface area contributed by atoms with Crippen LogP contribution >= 0.6 is 12.4 Å². The molecule has 132 valence electrons. The summed E-state index contributed by atoms with van der Waals surface area (Å²) in [5, 5.41) is 6.46. The number of halogens is 1. The first-order valence-corrected chi connectivity index (χ1v) is 8.59. The first-order chi connectivity index (χ1) is 11.2. The third-order valence-electron chi connectivity index (χ3n) is 4.74. The van der Waals surface area contributed by atoms with E-state index in [9.17, 15) is 9.59 Å². The number of hydrogen-bond acceptors (Lipinski definition) is 3. The summed E-state index contributed by atoms with van der Waals surface area (Å²) in [7, 11) is 0. The molecule has 1 aromatic rings. The van der Waals surface area contributed by atoms with Crippen molar-refractivity contribution in [3.8, 4) is 0 Å². The Morgan fingerprint density at radius 3 is 2.62 bits per heavy atom. The molecule has 6 heteroatoms. The summed E-state index contributed by atoms with van der Waals surface area (Å²) in [6, 6.07) is 9.55. The van der Waals surface area contributed by atoms with Gasteiger partial charge in [0.1, 0.15) is 0 Å². The highest BCUT2D eigenvalue weighted by molar-refractivity contribution is 5.94. The Morgan fingerprint density at radius 2 is 1.92 bits per heavy atom. The summed E-state index contributed by atoms with van der Waals surface area (Å²) in [6.45, 7) is 3.16. The molecule has 1 aromatic carbocycles. The Hall–Kier alpha value is -1.59. The van der Waals surface area contributed by atoms with E-state index in [4.69, 9.17) is 0 Å². The number of nitrogens with zero attached hydrogens (tertiary/aromatic N) is 1. The normalized spacial score (nSPS) is 23.9. The Bertz CT molecular complexity index is 546. The zero-order valence-corrected chi connectivity index (χ0v) is 14.7. The zero-order valence-electron chi connectivity index (χ0n) is 13.9. The lowest BCUT2D eigenvalue weighted by Gasteiger charge is -2.33. The summed E-state index contributed by atoms with van der Waals surface area (Å²) >= 11 is 0. The maximum Gasteiger partial charge on any atom is 0.253 e. The molecular weight excluding hydrogens is 326 g/mol. The molecule has 3 rings (SSSR count). The second kappa shape index (κ2) is 9.04. The van der Waals surface area contributed by atoms with Crippen molar-refractivity contribution in [2.24, 2.45) is 5.92 Å². The Balaban J connectivity index is 0.00000208. The number of nitrogens with one attached hydrogen (secondary N) is 2. The molecule has 0 radical (unpaired) electrons. The van der Waals surface area contributed by atoms with Crippen LogP contribution in [0.25, 0.3) is 0 Å². The van der Waals surface area contributed by atoms with Crippen LogP contribution in [0, 0.1) is 5.92 Å². The Morgan fingerprint density at radius 1 is 1.12 bits per heavy atom. The van der Waals surface area contributed by atoms with Crippen LogP contribution in [0.15, 0.2) is 30.3 Å². The average molecular weight is 352 g/mol. The van der Waals surface area contributed by atoms with Crippen LogP contribution < -0.4 is 10.6 Å². The minimum Gasteiger partial charge on any atom is -0.352 e. The van der Waals surface area contributed by atoms with Gasteiger partial charge in [0.25, 0.3) is 5.91 Å². The standard InChI is InChI=1S/C18H25N3O2.ClH/c22-17(20-16-9-4-10-19-12-16)15-8-5-11-21(13-15)18(23)14-6-2-1-3-7-14;/h1-3,6-7,15-16,19H,4-5,8-13H2,(H,20,22);1H/t15?,16-;/m0./s1. The van der Waals surface area contributed by atoms with Gasteiger partial charge < -0.3 is 15.5 Å². The zero-order chi connectivity index (χ0) is 16.1. The third-order valence-corrected chi connectivity index (χ3v) is 4.74. The van der Waals surface area contributed by atoms with Gasteiger partial charge in [0.2, 0.25) is 5.91 Å². The molecule has 2 heterocycles. The van der Waals surface area contributed by atoms with E-state index in [1.165, 1.54) is 0 Å². The number of benzene rings is 1. The highest BCUT2D eigenvalue weighted by Crippen LogP contribution is 2.19. The Kier molecular flexibility index (Phi) is 7.06. The fraction of sp³-hybridized carbons (Fsp3) is 0.556. The number of amides is 2. The van der Waals surface area contributed by atoms with E-state index in [2.05, 4.69) is 10.6 Å². The van der Waals surface area contributed by atoms with Gasteiger partial charge in [-0.15, -0.1) is 12.4 Å². The largest absolute Gasteiger partial charge is 0.352 e. The Labute approximate surface area is 149 Å². The summed E-state index contributed by atoms with van der Waals surface area (Å²) in [6.07, 6.45) is 3.90. The molecule has 2 amide bonds. The van der Waals surface area contributed by atoms with Crippen molar-refractivity contribution in [3.63, 3.8) is 0 Å². The minimum absolute atomic E-state index is 0. The van der Waals surface area contributed by atoms with Crippen molar-refractivity contribution in [1.82, 2.24) is 15.5 Å². The van der Waals surface area contributed by atoms with Gasteiger partial charge in [-0.1, -0.05) is 18.2 Å². The van der Waals surface area contributed by atoms with Crippen LogP contribution in [0.1, 0.15) is 36.0 Å². The molecule has 0 saturated carbocycles. The van der Waals surface area contributed by atoms with E-state index < -0.39 is 0 Å². The van der Waals surface area contributed by atoms with Crippen molar-refractivity contribution in [3.05, 3.63) is 35.9 Å². The van der Waals surface area contributed by atoms with Crippen molar-refractivity contribution < 1.29 is 9.59 Å². The summed E-state index contributed by atoms with van der Waals surface area (Å²) in [5.41, 5.74) is 0.699. The molecule has 24 heavy (non-hydrogen) atoms. The van der Waals surface area contributed by atoms with Gasteiger partial charge in [-0.25, -0.2) is 0 Å². The van der Waals surface area contributed by atoms with Gasteiger partial charge in [0.05, 0.1) is 5.92 Å². The molecular formula is C18H26ClN3O2. The van der Waals surface area contributed by atoms with Crippen LogP contribution in [0.2, 0.25) is 0 Å². The van der Waals surface area contributed by atoms with Gasteiger partial charge >= 0.3 is 0 Å². The molecule has 2 aliphatic rings. The van der Waals surface area contributed by atoms with Crippen molar-refractivity contribution >= 4 is 24.2 Å². The van der Waals surface area contributed by atoms with Crippen LogP contribution in [-0.4, -0.2) is 48.9 Å². The lowest BCUT2D eigenvalue weighted by molar-refractivity contribution is -0.127. The molecule has 2 atom stereocenters. The maximum absolute atomic E-state index is 12.5. The lowest BCUT2D eigenvalue weighted by Crippen LogP contribution is -2.51. The second-order valence-electron chi connectivity index (χ2n) is 6.51. The topological polar surface area (TPSA) is 61.4 Å². The number of likely N-dealkylation sites (tertiary alicyclic amines) is 1. The van der Waals surface area contributed by atoms with E-state index in [1.54, 1.807) is 0 Å². The molecule has 2 fully saturated rings. The minimum atomic E-state index is -0.0849. The number of carbonyl (C=O) groups excluding carboxylic acids is 2.